The van der Waals surface area contributed by atoms with Gasteiger partial charge in [0.2, 0.25) is 5.12 Å². The number of alkyl carbamates (subject to hydrolysis) is 2. The van der Waals surface area contributed by atoms with Crippen molar-refractivity contribution in [2.45, 2.75) is 36.8 Å². The summed E-state index contributed by atoms with van der Waals surface area (Å²) in [5.74, 6) is 0. The smallest absolute Gasteiger partial charge is 0.407 e. The second kappa shape index (κ2) is 13.3. The molecule has 1 aromatic rings. The Balaban J connectivity index is 2.37. The van der Waals surface area contributed by atoms with Crippen LogP contribution >= 0.6 is 21.6 Å². The van der Waals surface area contributed by atoms with E-state index in [-0.39, 0.29) is 17.6 Å². The summed E-state index contributed by atoms with van der Waals surface area (Å²) in [6.45, 7) is 0.468. The first kappa shape index (κ1) is 22.1. The number of carbonyl (C=O) groups is 3. The normalized spacial score (nSPS) is 11.3. The number of nitrogens with zero attached hydrogens (tertiary/aromatic N) is 1. The maximum atomic E-state index is 12.2. The lowest BCUT2D eigenvalue weighted by molar-refractivity contribution is -0.111. The van der Waals surface area contributed by atoms with Gasteiger partial charge in [-0.05, 0) is 53.0 Å². The molecule has 2 amide bonds. The van der Waals surface area contributed by atoms with Gasteiger partial charge in [-0.1, -0.05) is 6.07 Å². The molecular weight excluding hydrogens is 378 g/mol. The van der Waals surface area contributed by atoms with Crippen molar-refractivity contribution in [1.82, 2.24) is 15.6 Å². The van der Waals surface area contributed by atoms with E-state index in [2.05, 4.69) is 25.1 Å². The van der Waals surface area contributed by atoms with Gasteiger partial charge >= 0.3 is 12.2 Å². The van der Waals surface area contributed by atoms with Gasteiger partial charge in [0.1, 0.15) is 5.03 Å². The molecule has 26 heavy (non-hydrogen) atoms. The van der Waals surface area contributed by atoms with E-state index in [4.69, 9.17) is 0 Å². The first-order valence-electron chi connectivity index (χ1n) is 7.99. The van der Waals surface area contributed by atoms with Gasteiger partial charge in [0.25, 0.3) is 0 Å². The highest BCUT2D eigenvalue weighted by Gasteiger charge is 2.17. The molecule has 10 heteroatoms. The van der Waals surface area contributed by atoms with Gasteiger partial charge in [0.15, 0.2) is 0 Å². The molecule has 1 unspecified atom stereocenters. The van der Waals surface area contributed by atoms with Crippen LogP contribution < -0.4 is 10.6 Å². The van der Waals surface area contributed by atoms with Crippen molar-refractivity contribution in [3.05, 3.63) is 24.4 Å². The summed E-state index contributed by atoms with van der Waals surface area (Å²) >= 11 is 0. The zero-order valence-electron chi connectivity index (χ0n) is 14.7. The number of aromatic nitrogens is 1. The van der Waals surface area contributed by atoms with Gasteiger partial charge in [0, 0.05) is 25.2 Å². The van der Waals surface area contributed by atoms with Crippen LogP contribution in [0, 0.1) is 0 Å². The lowest BCUT2D eigenvalue weighted by Crippen LogP contribution is -2.36. The lowest BCUT2D eigenvalue weighted by Gasteiger charge is -2.17. The number of amides is 2. The van der Waals surface area contributed by atoms with Crippen molar-refractivity contribution in [3.63, 3.8) is 0 Å². The van der Waals surface area contributed by atoms with Crippen LogP contribution in [0.2, 0.25) is 0 Å². The number of rotatable bonds is 10. The van der Waals surface area contributed by atoms with E-state index in [9.17, 15) is 14.4 Å². The predicted octanol–water partition coefficient (Wildman–Crippen LogP) is 2.99. The number of unbranched alkanes of at least 4 members (excludes halogenated alkanes) is 1. The average molecular weight is 402 g/mol. The molecule has 1 aromatic heterocycles. The Morgan fingerprint density at radius 3 is 2.58 bits per heavy atom. The molecule has 1 rings (SSSR count). The first-order chi connectivity index (χ1) is 12.5. The van der Waals surface area contributed by atoms with E-state index >= 15 is 0 Å². The minimum absolute atomic E-state index is 0.0604. The Hall–Kier alpha value is -1.94. The third-order valence-electron chi connectivity index (χ3n) is 3.21. The minimum atomic E-state index is -0.571. The molecule has 144 valence electrons. The highest BCUT2D eigenvalue weighted by molar-refractivity contribution is 8.82. The number of nitrogens with one attached hydrogen (secondary N) is 2. The van der Waals surface area contributed by atoms with Gasteiger partial charge in [0.05, 0.1) is 14.2 Å². The molecule has 0 aliphatic heterocycles. The van der Waals surface area contributed by atoms with Crippen LogP contribution in [0.25, 0.3) is 0 Å². The number of hydrogen-bond donors (Lipinski definition) is 2. The van der Waals surface area contributed by atoms with Crippen molar-refractivity contribution in [2.24, 2.45) is 0 Å². The molecule has 1 atom stereocenters. The number of hydrogen-bond acceptors (Lipinski definition) is 8. The molecule has 0 fully saturated rings. The molecule has 8 nitrogen and oxygen atoms in total. The Kier molecular flexibility index (Phi) is 11.3. The molecule has 1 heterocycles. The van der Waals surface area contributed by atoms with Crippen LogP contribution in [0.4, 0.5) is 9.59 Å². The van der Waals surface area contributed by atoms with E-state index in [1.54, 1.807) is 6.20 Å². The van der Waals surface area contributed by atoms with Crippen LogP contribution in [0.3, 0.4) is 0 Å². The van der Waals surface area contributed by atoms with Crippen LogP contribution in [0.5, 0.6) is 0 Å². The fourth-order valence-corrected chi connectivity index (χ4v) is 3.67. The van der Waals surface area contributed by atoms with Gasteiger partial charge < -0.3 is 20.1 Å². The molecule has 0 radical (unpaired) electrons. The average Bonchev–Trinajstić information content (AvgIpc) is 2.66. The summed E-state index contributed by atoms with van der Waals surface area (Å²) in [5.41, 5.74) is 0. The predicted molar refractivity (Wildman–Crippen MR) is 101 cm³/mol. The molecule has 0 bridgehead atoms. The summed E-state index contributed by atoms with van der Waals surface area (Å²) in [7, 11) is 4.96. The Morgan fingerprint density at radius 1 is 1.15 bits per heavy atom. The summed E-state index contributed by atoms with van der Waals surface area (Å²) in [6.07, 6.45) is 2.83. The standard InChI is InChI=1S/C16H23N3O5S2/c1-23-15(21)18-10-5-3-7-12(19-16(22)24-2)11-14(20)26-25-13-8-4-6-9-17-13/h4,6,8-9,12H,3,5,7,10-11H2,1-2H3,(H,18,21)(H,19,22). The zero-order valence-corrected chi connectivity index (χ0v) is 16.4. The Labute approximate surface area is 160 Å². The number of methoxy groups -OCH3 is 2. The monoisotopic (exact) mass is 401 g/mol. The number of ether oxygens (including phenoxy) is 2. The molecule has 0 saturated heterocycles. The van der Waals surface area contributed by atoms with E-state index in [0.717, 1.165) is 22.2 Å². The highest BCUT2D eigenvalue weighted by atomic mass is 33.1. The maximum absolute atomic E-state index is 12.2. The SMILES string of the molecule is COC(=O)NCCCCC(CC(=O)SSc1ccccn1)NC(=O)OC. The van der Waals surface area contributed by atoms with Crippen molar-refractivity contribution in [2.75, 3.05) is 20.8 Å². The van der Waals surface area contributed by atoms with E-state index < -0.39 is 12.2 Å². The summed E-state index contributed by atoms with van der Waals surface area (Å²) in [5, 5.41) is 5.94. The molecule has 2 N–H and O–H groups in total. The van der Waals surface area contributed by atoms with Crippen LogP contribution in [0.1, 0.15) is 25.7 Å². The molecule has 0 aliphatic rings. The van der Waals surface area contributed by atoms with E-state index in [1.165, 1.54) is 25.0 Å². The number of pyridine rings is 1. The fraction of sp³-hybridized carbons (Fsp3) is 0.500. The zero-order chi connectivity index (χ0) is 19.2. The van der Waals surface area contributed by atoms with Crippen LogP contribution in [-0.4, -0.2) is 49.1 Å². The van der Waals surface area contributed by atoms with Crippen LogP contribution in [0.15, 0.2) is 29.4 Å². The van der Waals surface area contributed by atoms with Gasteiger partial charge in [-0.3, -0.25) is 4.79 Å². The van der Waals surface area contributed by atoms with Crippen molar-refractivity contribution in [3.8, 4) is 0 Å². The van der Waals surface area contributed by atoms with Gasteiger partial charge in [-0.2, -0.15) is 0 Å². The van der Waals surface area contributed by atoms with Crippen molar-refractivity contribution >= 4 is 38.9 Å². The number of carbonyl (C=O) groups excluding carboxylic acids is 3. The highest BCUT2D eigenvalue weighted by Crippen LogP contribution is 2.31. The van der Waals surface area contributed by atoms with Crippen molar-refractivity contribution < 1.29 is 23.9 Å². The van der Waals surface area contributed by atoms with E-state index in [1.807, 2.05) is 18.2 Å². The summed E-state index contributed by atoms with van der Waals surface area (Å²) in [6, 6.07) is 5.15. The first-order valence-corrected chi connectivity index (χ1v) is 10.1. The molecular formula is C16H23N3O5S2. The molecule has 0 aliphatic carbocycles. The van der Waals surface area contributed by atoms with Gasteiger partial charge in [-0.25, -0.2) is 14.6 Å². The lowest BCUT2D eigenvalue weighted by atomic mass is 10.1. The Bertz CT molecular complexity index is 574. The largest absolute Gasteiger partial charge is 0.453 e. The third-order valence-corrected chi connectivity index (χ3v) is 5.38. The van der Waals surface area contributed by atoms with Gasteiger partial charge in [-0.15, -0.1) is 0 Å². The molecule has 0 aromatic carbocycles. The van der Waals surface area contributed by atoms with Crippen LogP contribution in [-0.2, 0) is 14.3 Å². The summed E-state index contributed by atoms with van der Waals surface area (Å²) in [4.78, 5) is 38.7. The fourth-order valence-electron chi connectivity index (χ4n) is 1.95. The topological polar surface area (TPSA) is 107 Å². The third kappa shape index (κ3) is 10.1. The molecule has 0 spiro atoms. The second-order valence-corrected chi connectivity index (χ2v) is 7.36. The van der Waals surface area contributed by atoms with E-state index in [0.29, 0.717) is 19.4 Å². The minimum Gasteiger partial charge on any atom is -0.453 e. The second-order valence-electron chi connectivity index (χ2n) is 5.16. The van der Waals surface area contributed by atoms with Crippen molar-refractivity contribution in [1.29, 1.82) is 0 Å². The quantitative estimate of drug-likeness (QED) is 0.455. The Morgan fingerprint density at radius 2 is 1.92 bits per heavy atom. The molecule has 0 saturated carbocycles. The maximum Gasteiger partial charge on any atom is 0.407 e. The summed E-state index contributed by atoms with van der Waals surface area (Å²) < 4.78 is 9.09.